The van der Waals surface area contributed by atoms with Crippen LogP contribution in [-0.4, -0.2) is 11.5 Å². The number of ether oxygens (including phenoxy) is 1. The Morgan fingerprint density at radius 2 is 1.96 bits per heavy atom. The third-order valence-corrected chi connectivity index (χ3v) is 4.58. The smallest absolute Gasteiger partial charge is 0.287 e. The standard InChI is InChI=1S/C21H21NO3/c1-13-8-9-18-15(10-13)16(12-21(2,3)25-18)22-20(23)19-11-14-6-4-5-7-17(14)24-19/h4-11,16H,12H2,1-3H3,(H,22,23)/t16-/m1/s1. The fraction of sp³-hybridized carbons (Fsp3) is 0.286. The van der Waals surface area contributed by atoms with E-state index in [0.717, 1.165) is 27.8 Å². The van der Waals surface area contributed by atoms with Gasteiger partial charge >= 0.3 is 0 Å². The molecule has 0 saturated heterocycles. The van der Waals surface area contributed by atoms with Crippen molar-refractivity contribution in [1.82, 2.24) is 5.32 Å². The van der Waals surface area contributed by atoms with Crippen LogP contribution in [0.1, 0.15) is 48.0 Å². The molecule has 1 aromatic heterocycles. The Balaban J connectivity index is 1.65. The van der Waals surface area contributed by atoms with Crippen LogP contribution in [0.15, 0.2) is 52.9 Å². The Hall–Kier alpha value is -2.75. The van der Waals surface area contributed by atoms with E-state index in [2.05, 4.69) is 11.4 Å². The molecule has 4 heteroatoms. The quantitative estimate of drug-likeness (QED) is 0.733. The van der Waals surface area contributed by atoms with Crippen LogP contribution in [0.3, 0.4) is 0 Å². The second kappa shape index (κ2) is 5.66. The molecule has 128 valence electrons. The Morgan fingerprint density at radius 3 is 2.76 bits per heavy atom. The highest BCUT2D eigenvalue weighted by Crippen LogP contribution is 2.40. The molecule has 2 heterocycles. The van der Waals surface area contributed by atoms with Gasteiger partial charge in [-0.25, -0.2) is 0 Å². The second-order valence-corrected chi connectivity index (χ2v) is 7.28. The summed E-state index contributed by atoms with van der Waals surface area (Å²) in [5, 5.41) is 4.05. The zero-order valence-corrected chi connectivity index (χ0v) is 14.6. The van der Waals surface area contributed by atoms with E-state index in [9.17, 15) is 4.79 Å². The fourth-order valence-electron chi connectivity index (χ4n) is 3.43. The molecule has 1 atom stereocenters. The average molecular weight is 335 g/mol. The fourth-order valence-corrected chi connectivity index (χ4v) is 3.43. The summed E-state index contributed by atoms with van der Waals surface area (Å²) in [4.78, 5) is 12.7. The van der Waals surface area contributed by atoms with Crippen molar-refractivity contribution < 1.29 is 13.9 Å². The number of fused-ring (bicyclic) bond motifs is 2. The lowest BCUT2D eigenvalue weighted by Gasteiger charge is -2.38. The number of aryl methyl sites for hydroxylation is 1. The van der Waals surface area contributed by atoms with Crippen LogP contribution < -0.4 is 10.1 Å². The molecule has 4 rings (SSSR count). The summed E-state index contributed by atoms with van der Waals surface area (Å²) in [5.41, 5.74) is 2.54. The predicted octanol–water partition coefficient (Wildman–Crippen LogP) is 4.77. The highest BCUT2D eigenvalue weighted by molar-refractivity contribution is 5.96. The summed E-state index contributed by atoms with van der Waals surface area (Å²) in [6.07, 6.45) is 0.704. The van der Waals surface area contributed by atoms with Gasteiger partial charge in [0.05, 0.1) is 6.04 Å². The van der Waals surface area contributed by atoms with E-state index in [4.69, 9.17) is 9.15 Å². The van der Waals surface area contributed by atoms with E-state index in [-0.39, 0.29) is 17.6 Å². The second-order valence-electron chi connectivity index (χ2n) is 7.28. The van der Waals surface area contributed by atoms with Crippen molar-refractivity contribution in [2.45, 2.75) is 38.8 Å². The number of carbonyl (C=O) groups is 1. The number of carbonyl (C=O) groups excluding carboxylic acids is 1. The van der Waals surface area contributed by atoms with Gasteiger partial charge in [0, 0.05) is 17.4 Å². The average Bonchev–Trinajstić information content (AvgIpc) is 2.99. The van der Waals surface area contributed by atoms with Crippen molar-refractivity contribution in [2.24, 2.45) is 0 Å². The molecule has 3 aromatic rings. The maximum absolute atomic E-state index is 12.7. The molecule has 0 spiro atoms. The molecule has 1 N–H and O–H groups in total. The number of hydrogen-bond donors (Lipinski definition) is 1. The van der Waals surface area contributed by atoms with Gasteiger partial charge in [-0.05, 0) is 39.0 Å². The van der Waals surface area contributed by atoms with E-state index >= 15 is 0 Å². The molecule has 1 aliphatic rings. The molecule has 2 aromatic carbocycles. The summed E-state index contributed by atoms with van der Waals surface area (Å²) in [6, 6.07) is 15.4. The molecule has 0 fully saturated rings. The summed E-state index contributed by atoms with van der Waals surface area (Å²) < 4.78 is 11.8. The molecule has 1 amide bonds. The summed E-state index contributed by atoms with van der Waals surface area (Å²) in [7, 11) is 0. The minimum Gasteiger partial charge on any atom is -0.487 e. The van der Waals surface area contributed by atoms with Crippen LogP contribution in [0.25, 0.3) is 11.0 Å². The summed E-state index contributed by atoms with van der Waals surface area (Å²) in [6.45, 7) is 6.12. The number of benzene rings is 2. The predicted molar refractivity (Wildman–Crippen MR) is 96.9 cm³/mol. The number of amides is 1. The maximum Gasteiger partial charge on any atom is 0.287 e. The van der Waals surface area contributed by atoms with Crippen LogP contribution in [0.2, 0.25) is 0 Å². The minimum atomic E-state index is -0.339. The van der Waals surface area contributed by atoms with Crippen molar-refractivity contribution in [3.05, 3.63) is 65.4 Å². The Morgan fingerprint density at radius 1 is 1.16 bits per heavy atom. The largest absolute Gasteiger partial charge is 0.487 e. The number of hydrogen-bond acceptors (Lipinski definition) is 3. The highest BCUT2D eigenvalue weighted by Gasteiger charge is 2.35. The van der Waals surface area contributed by atoms with Crippen LogP contribution in [0, 0.1) is 6.92 Å². The molecule has 25 heavy (non-hydrogen) atoms. The lowest BCUT2D eigenvalue weighted by molar-refractivity contribution is 0.0611. The zero-order valence-electron chi connectivity index (χ0n) is 14.6. The van der Waals surface area contributed by atoms with Gasteiger partial charge < -0.3 is 14.5 Å². The first-order valence-electron chi connectivity index (χ1n) is 8.50. The summed E-state index contributed by atoms with van der Waals surface area (Å²) in [5.74, 6) is 0.961. The van der Waals surface area contributed by atoms with Gasteiger partial charge in [0.25, 0.3) is 5.91 Å². The molecule has 4 nitrogen and oxygen atoms in total. The Kier molecular flexibility index (Phi) is 3.57. The number of rotatable bonds is 2. The minimum absolute atomic E-state index is 0.112. The third-order valence-electron chi connectivity index (χ3n) is 4.58. The molecule has 1 aliphatic heterocycles. The van der Waals surface area contributed by atoms with E-state index in [0.29, 0.717) is 12.2 Å². The van der Waals surface area contributed by atoms with Crippen molar-refractivity contribution in [1.29, 1.82) is 0 Å². The summed E-state index contributed by atoms with van der Waals surface area (Å²) >= 11 is 0. The van der Waals surface area contributed by atoms with Gasteiger partial charge in [-0.1, -0.05) is 35.9 Å². The maximum atomic E-state index is 12.7. The molecule has 0 unspecified atom stereocenters. The molecule has 0 radical (unpaired) electrons. The molecule has 0 saturated carbocycles. The van der Waals surface area contributed by atoms with Gasteiger partial charge in [-0.15, -0.1) is 0 Å². The van der Waals surface area contributed by atoms with Crippen LogP contribution in [0.5, 0.6) is 5.75 Å². The highest BCUT2D eigenvalue weighted by atomic mass is 16.5. The molecular formula is C21H21NO3. The molecule has 0 bridgehead atoms. The normalized spacial score (nSPS) is 18.4. The lowest BCUT2D eigenvalue weighted by atomic mass is 9.89. The van der Waals surface area contributed by atoms with Gasteiger partial charge in [0.1, 0.15) is 16.9 Å². The van der Waals surface area contributed by atoms with Crippen molar-refractivity contribution in [3.8, 4) is 5.75 Å². The van der Waals surface area contributed by atoms with Crippen molar-refractivity contribution in [2.75, 3.05) is 0 Å². The first kappa shape index (κ1) is 15.8. The zero-order chi connectivity index (χ0) is 17.6. The number of nitrogens with one attached hydrogen (secondary N) is 1. The number of furan rings is 1. The van der Waals surface area contributed by atoms with Gasteiger partial charge in [-0.2, -0.15) is 0 Å². The number of para-hydroxylation sites is 1. The lowest BCUT2D eigenvalue weighted by Crippen LogP contribution is -2.41. The van der Waals surface area contributed by atoms with E-state index in [1.54, 1.807) is 6.07 Å². The van der Waals surface area contributed by atoms with Crippen LogP contribution >= 0.6 is 0 Å². The topological polar surface area (TPSA) is 51.5 Å². The van der Waals surface area contributed by atoms with Gasteiger partial charge in [-0.3, -0.25) is 4.79 Å². The van der Waals surface area contributed by atoms with E-state index in [1.165, 1.54) is 0 Å². The SMILES string of the molecule is Cc1ccc2c(c1)[C@H](NC(=O)c1cc3ccccc3o1)CC(C)(C)O2. The van der Waals surface area contributed by atoms with E-state index in [1.807, 2.05) is 57.2 Å². The first-order chi connectivity index (χ1) is 11.9. The van der Waals surface area contributed by atoms with Crippen molar-refractivity contribution >= 4 is 16.9 Å². The molecule has 0 aliphatic carbocycles. The van der Waals surface area contributed by atoms with Gasteiger partial charge in [0.15, 0.2) is 5.76 Å². The van der Waals surface area contributed by atoms with Crippen molar-refractivity contribution in [3.63, 3.8) is 0 Å². The Labute approximate surface area is 146 Å². The van der Waals surface area contributed by atoms with Crippen LogP contribution in [0.4, 0.5) is 0 Å². The first-order valence-corrected chi connectivity index (χ1v) is 8.50. The third kappa shape index (κ3) is 3.00. The monoisotopic (exact) mass is 335 g/mol. The Bertz CT molecular complexity index is 922. The van der Waals surface area contributed by atoms with Crippen LogP contribution in [-0.2, 0) is 0 Å². The van der Waals surface area contributed by atoms with E-state index < -0.39 is 0 Å². The van der Waals surface area contributed by atoms with Gasteiger partial charge in [0.2, 0.25) is 0 Å². The molecular weight excluding hydrogens is 314 g/mol.